The van der Waals surface area contributed by atoms with Gasteiger partial charge in [-0.3, -0.25) is 14.4 Å². The summed E-state index contributed by atoms with van der Waals surface area (Å²) in [5.41, 5.74) is 19.0. The van der Waals surface area contributed by atoms with Crippen LogP contribution in [0.2, 0.25) is 0 Å². The fourth-order valence-corrected chi connectivity index (χ4v) is 3.16. The second-order valence-electron chi connectivity index (χ2n) is 6.46. The third-order valence-corrected chi connectivity index (χ3v) is 4.60. The van der Waals surface area contributed by atoms with Crippen LogP contribution < -0.4 is 27.8 Å². The highest BCUT2D eigenvalue weighted by molar-refractivity contribution is 7.09. The number of rotatable bonds is 7. The van der Waals surface area contributed by atoms with Crippen LogP contribution in [0, 0.1) is 6.92 Å². The molecule has 10 heteroatoms. The molecule has 1 aromatic rings. The van der Waals surface area contributed by atoms with Crippen LogP contribution in [0.1, 0.15) is 23.5 Å². The minimum Gasteiger partial charge on any atom is -0.402 e. The van der Waals surface area contributed by atoms with Crippen LogP contribution in [-0.4, -0.2) is 28.7 Å². The fraction of sp³-hybridized carbons (Fsp3) is 0.263. The molecule has 0 aliphatic heterocycles. The number of carbonyl (C=O) groups excluding carboxylic acids is 3. The van der Waals surface area contributed by atoms with Crippen molar-refractivity contribution < 1.29 is 14.4 Å². The first kappa shape index (κ1) is 21.9. The lowest BCUT2D eigenvalue weighted by Gasteiger charge is -2.17. The number of carbonyl (C=O) groups is 3. The van der Waals surface area contributed by atoms with E-state index in [4.69, 9.17) is 17.2 Å². The molecule has 1 aromatic heterocycles. The summed E-state index contributed by atoms with van der Waals surface area (Å²) >= 11 is 1.42. The Balaban J connectivity index is 2.08. The SMILES string of the molecule is Cc1nc(CC(=O)N[C@@H](CC(N)=O)C(=O)NC2=C/C=C\C=C(\N)C/C(N)=C\2)cs1. The van der Waals surface area contributed by atoms with E-state index in [1.807, 2.05) is 6.92 Å². The van der Waals surface area contributed by atoms with Crippen molar-refractivity contribution in [3.05, 3.63) is 63.6 Å². The predicted molar refractivity (Wildman–Crippen MR) is 111 cm³/mol. The van der Waals surface area contributed by atoms with Gasteiger partial charge in [-0.05, 0) is 25.2 Å². The van der Waals surface area contributed by atoms with Gasteiger partial charge in [0, 0.05) is 28.9 Å². The summed E-state index contributed by atoms with van der Waals surface area (Å²) in [6, 6.07) is -1.13. The Kier molecular flexibility index (Phi) is 7.72. The van der Waals surface area contributed by atoms with Gasteiger partial charge in [0.15, 0.2) is 0 Å². The molecule has 3 amide bonds. The Hall–Kier alpha value is -3.40. The summed E-state index contributed by atoms with van der Waals surface area (Å²) in [6.07, 6.45) is 8.29. The quantitative estimate of drug-likeness (QED) is 0.419. The normalized spacial score (nSPS) is 21.5. The van der Waals surface area contributed by atoms with Crippen LogP contribution in [0.3, 0.4) is 0 Å². The monoisotopic (exact) mass is 416 g/mol. The second-order valence-corrected chi connectivity index (χ2v) is 7.52. The number of aromatic nitrogens is 1. The summed E-state index contributed by atoms with van der Waals surface area (Å²) < 4.78 is 0. The zero-order chi connectivity index (χ0) is 21.4. The fourth-order valence-electron chi connectivity index (χ4n) is 2.55. The van der Waals surface area contributed by atoms with Crippen LogP contribution in [0.4, 0.5) is 0 Å². The molecule has 154 valence electrons. The van der Waals surface area contributed by atoms with E-state index >= 15 is 0 Å². The molecule has 8 N–H and O–H groups in total. The number of primary amides is 1. The van der Waals surface area contributed by atoms with Crippen molar-refractivity contribution in [2.75, 3.05) is 0 Å². The van der Waals surface area contributed by atoms with Crippen LogP contribution in [-0.2, 0) is 20.8 Å². The number of aryl methyl sites for hydroxylation is 1. The first-order chi connectivity index (χ1) is 13.7. The molecule has 29 heavy (non-hydrogen) atoms. The number of thiazole rings is 1. The molecule has 9 nitrogen and oxygen atoms in total. The maximum atomic E-state index is 12.7. The summed E-state index contributed by atoms with van der Waals surface area (Å²) in [7, 11) is 0. The Morgan fingerprint density at radius 2 is 1.93 bits per heavy atom. The molecular weight excluding hydrogens is 392 g/mol. The van der Waals surface area contributed by atoms with E-state index < -0.39 is 23.8 Å². The van der Waals surface area contributed by atoms with Crippen LogP contribution in [0.25, 0.3) is 0 Å². The maximum Gasteiger partial charge on any atom is 0.247 e. The van der Waals surface area contributed by atoms with Crippen molar-refractivity contribution >= 4 is 29.1 Å². The molecule has 0 bridgehead atoms. The Morgan fingerprint density at radius 3 is 2.59 bits per heavy atom. The first-order valence-electron chi connectivity index (χ1n) is 8.81. The van der Waals surface area contributed by atoms with E-state index in [2.05, 4.69) is 15.6 Å². The molecule has 0 unspecified atom stereocenters. The molecule has 1 aliphatic carbocycles. The van der Waals surface area contributed by atoms with Gasteiger partial charge in [0.1, 0.15) is 6.04 Å². The number of nitrogens with one attached hydrogen (secondary N) is 2. The van der Waals surface area contributed by atoms with Gasteiger partial charge in [0.25, 0.3) is 0 Å². The highest BCUT2D eigenvalue weighted by Crippen LogP contribution is 2.10. The number of nitrogens with zero attached hydrogens (tertiary/aromatic N) is 1. The lowest BCUT2D eigenvalue weighted by Crippen LogP contribution is -2.48. The predicted octanol–water partition coefficient (Wildman–Crippen LogP) is -0.000580. The summed E-state index contributed by atoms with van der Waals surface area (Å²) in [6.45, 7) is 1.83. The third-order valence-electron chi connectivity index (χ3n) is 3.78. The number of hydrogen-bond acceptors (Lipinski definition) is 7. The van der Waals surface area contributed by atoms with Gasteiger partial charge in [0.2, 0.25) is 17.7 Å². The van der Waals surface area contributed by atoms with Gasteiger partial charge in [-0.2, -0.15) is 0 Å². The summed E-state index contributed by atoms with van der Waals surface area (Å²) in [5, 5.41) is 7.79. The molecular formula is C19H24N6O3S. The molecule has 0 saturated heterocycles. The number of hydrogen-bond donors (Lipinski definition) is 5. The standard InChI is InChI=1S/C19H24N6O3S/c1-11-23-15(10-29-11)8-18(27)25-16(9-17(22)26)19(28)24-14-5-3-2-4-12(20)6-13(21)7-14/h2-5,7,10,16H,6,8-9,20-21H2,1H3,(H2,22,26)(H,24,28)(H,25,27)/b3-2-,12-4+,13-7+,14-5+/t16-/m0/s1. The zero-order valence-electron chi connectivity index (χ0n) is 16.0. The lowest BCUT2D eigenvalue weighted by atomic mass is 10.1. The van der Waals surface area contributed by atoms with Crippen molar-refractivity contribution in [1.29, 1.82) is 0 Å². The van der Waals surface area contributed by atoms with Crippen LogP contribution in [0.5, 0.6) is 0 Å². The summed E-state index contributed by atoms with van der Waals surface area (Å²) in [4.78, 5) is 40.6. The average Bonchev–Trinajstić information content (AvgIpc) is 3.03. The van der Waals surface area contributed by atoms with E-state index in [1.54, 1.807) is 35.8 Å². The molecule has 2 rings (SSSR count). The minimum atomic E-state index is -1.13. The molecule has 0 aromatic carbocycles. The van der Waals surface area contributed by atoms with E-state index in [1.165, 1.54) is 11.3 Å². The molecule has 1 atom stereocenters. The average molecular weight is 417 g/mol. The molecule has 0 fully saturated rings. The Morgan fingerprint density at radius 1 is 1.21 bits per heavy atom. The van der Waals surface area contributed by atoms with Gasteiger partial charge in [-0.1, -0.05) is 12.2 Å². The molecule has 1 aliphatic rings. The Labute approximate surface area is 172 Å². The van der Waals surface area contributed by atoms with E-state index in [0.717, 1.165) is 5.01 Å². The molecule has 0 spiro atoms. The highest BCUT2D eigenvalue weighted by Gasteiger charge is 2.23. The number of nitrogens with two attached hydrogens (primary N) is 3. The molecule has 0 radical (unpaired) electrons. The molecule has 0 saturated carbocycles. The number of amides is 3. The van der Waals surface area contributed by atoms with Gasteiger partial charge in [-0.15, -0.1) is 11.3 Å². The van der Waals surface area contributed by atoms with Crippen molar-refractivity contribution in [3.63, 3.8) is 0 Å². The van der Waals surface area contributed by atoms with Gasteiger partial charge >= 0.3 is 0 Å². The smallest absolute Gasteiger partial charge is 0.247 e. The van der Waals surface area contributed by atoms with Crippen LogP contribution in [0.15, 0.2) is 52.9 Å². The van der Waals surface area contributed by atoms with E-state index in [0.29, 0.717) is 29.2 Å². The maximum absolute atomic E-state index is 12.7. The zero-order valence-corrected chi connectivity index (χ0v) is 16.8. The van der Waals surface area contributed by atoms with Crippen molar-refractivity contribution in [2.24, 2.45) is 17.2 Å². The van der Waals surface area contributed by atoms with Crippen molar-refractivity contribution in [1.82, 2.24) is 15.6 Å². The van der Waals surface area contributed by atoms with Crippen LogP contribution >= 0.6 is 11.3 Å². The van der Waals surface area contributed by atoms with E-state index in [-0.39, 0.29) is 12.8 Å². The van der Waals surface area contributed by atoms with Gasteiger partial charge < -0.3 is 27.8 Å². The van der Waals surface area contributed by atoms with Crippen molar-refractivity contribution in [3.8, 4) is 0 Å². The lowest BCUT2D eigenvalue weighted by molar-refractivity contribution is -0.130. The largest absolute Gasteiger partial charge is 0.402 e. The third kappa shape index (κ3) is 7.62. The second kappa shape index (κ2) is 10.2. The van der Waals surface area contributed by atoms with E-state index in [9.17, 15) is 14.4 Å². The summed E-state index contributed by atoms with van der Waals surface area (Å²) in [5.74, 6) is -1.74. The minimum absolute atomic E-state index is 0.00386. The topological polar surface area (TPSA) is 166 Å². The Bertz CT molecular complexity index is 913. The van der Waals surface area contributed by atoms with Gasteiger partial charge in [0.05, 0.1) is 23.5 Å². The first-order valence-corrected chi connectivity index (χ1v) is 9.69. The van der Waals surface area contributed by atoms with Crippen molar-refractivity contribution in [2.45, 2.75) is 32.2 Å². The number of allylic oxidation sites excluding steroid dienone is 5. The molecule has 1 heterocycles. The highest BCUT2D eigenvalue weighted by atomic mass is 32.1. The van der Waals surface area contributed by atoms with Gasteiger partial charge in [-0.25, -0.2) is 4.98 Å².